The van der Waals surface area contributed by atoms with Crippen molar-refractivity contribution in [3.8, 4) is 11.3 Å². The zero-order valence-electron chi connectivity index (χ0n) is 13.3. The number of rotatable bonds is 5. The summed E-state index contributed by atoms with van der Waals surface area (Å²) in [6.45, 7) is 1.87. The molecule has 0 radical (unpaired) electrons. The van der Waals surface area contributed by atoms with Crippen molar-refractivity contribution < 1.29 is 12.8 Å². The van der Waals surface area contributed by atoms with Gasteiger partial charge in [0.25, 0.3) is 10.0 Å². The summed E-state index contributed by atoms with van der Waals surface area (Å²) in [6, 6.07) is 12.3. The second-order valence-corrected chi connectivity index (χ2v) is 7.03. The molecule has 0 aliphatic rings. The molecule has 0 unspecified atom stereocenters. The van der Waals surface area contributed by atoms with Crippen molar-refractivity contribution in [3.63, 3.8) is 0 Å². The van der Waals surface area contributed by atoms with Gasteiger partial charge in [-0.2, -0.15) is 18.6 Å². The Kier molecular flexibility index (Phi) is 4.62. The predicted octanol–water partition coefficient (Wildman–Crippen LogP) is 2.84. The molecule has 1 aromatic heterocycles. The van der Waals surface area contributed by atoms with E-state index in [4.69, 9.17) is 0 Å². The Morgan fingerprint density at radius 2 is 1.80 bits per heavy atom. The number of nitrogens with one attached hydrogen (secondary N) is 2. The molecule has 1 heterocycles. The quantitative estimate of drug-likeness (QED) is 0.543. The molecule has 2 aromatic carbocycles. The van der Waals surface area contributed by atoms with Crippen LogP contribution in [0.1, 0.15) is 11.1 Å². The number of hydrogen-bond donors (Lipinski definition) is 2. The molecule has 0 amide bonds. The number of benzene rings is 2. The highest BCUT2D eigenvalue weighted by atomic mass is 32.2. The second kappa shape index (κ2) is 6.86. The van der Waals surface area contributed by atoms with Crippen molar-refractivity contribution in [2.45, 2.75) is 11.8 Å². The molecule has 3 rings (SSSR count). The lowest BCUT2D eigenvalue weighted by Crippen LogP contribution is -2.18. The van der Waals surface area contributed by atoms with Gasteiger partial charge < -0.3 is 0 Å². The average Bonchev–Trinajstić information content (AvgIpc) is 3.04. The number of nitrogens with zero attached hydrogens (tertiary/aromatic N) is 2. The van der Waals surface area contributed by atoms with Crippen LogP contribution in [0.3, 0.4) is 0 Å². The lowest BCUT2D eigenvalue weighted by Gasteiger charge is -2.03. The Labute approximate surface area is 144 Å². The molecule has 0 saturated carbocycles. The van der Waals surface area contributed by atoms with Gasteiger partial charge in [-0.1, -0.05) is 17.7 Å². The first-order valence-electron chi connectivity index (χ1n) is 7.36. The monoisotopic (exact) mass is 358 g/mol. The molecule has 8 heteroatoms. The zero-order chi connectivity index (χ0) is 17.9. The number of aryl methyl sites for hydroxylation is 1. The molecule has 0 saturated heterocycles. The van der Waals surface area contributed by atoms with Gasteiger partial charge in [-0.3, -0.25) is 5.10 Å². The maximum atomic E-state index is 13.0. The molecule has 0 aliphatic heterocycles. The molecule has 25 heavy (non-hydrogen) atoms. The number of hydrazone groups is 1. The van der Waals surface area contributed by atoms with E-state index in [-0.39, 0.29) is 10.7 Å². The van der Waals surface area contributed by atoms with Crippen molar-refractivity contribution >= 4 is 16.2 Å². The minimum atomic E-state index is -3.74. The van der Waals surface area contributed by atoms with Crippen molar-refractivity contribution in [1.82, 2.24) is 15.0 Å². The van der Waals surface area contributed by atoms with Crippen LogP contribution in [0, 0.1) is 12.7 Å². The SMILES string of the molecule is Cc1ccc(S(=O)(=O)NN=Cc2cn[nH]c2-c2ccc(F)cc2)cc1. The van der Waals surface area contributed by atoms with E-state index in [1.54, 1.807) is 24.3 Å². The van der Waals surface area contributed by atoms with Gasteiger partial charge in [0.15, 0.2) is 0 Å². The van der Waals surface area contributed by atoms with Gasteiger partial charge in [0.05, 0.1) is 23.0 Å². The number of H-pyrrole nitrogens is 1. The van der Waals surface area contributed by atoms with Gasteiger partial charge in [-0.15, -0.1) is 0 Å². The number of halogens is 1. The first kappa shape index (κ1) is 16.8. The zero-order valence-corrected chi connectivity index (χ0v) is 14.1. The molecule has 0 spiro atoms. The third-order valence-corrected chi connectivity index (χ3v) is 4.75. The fraction of sp³-hybridized carbons (Fsp3) is 0.0588. The molecule has 6 nitrogen and oxygen atoms in total. The van der Waals surface area contributed by atoms with Crippen LogP contribution < -0.4 is 4.83 Å². The number of hydrogen-bond acceptors (Lipinski definition) is 4. The summed E-state index contributed by atoms with van der Waals surface area (Å²) in [5.74, 6) is -0.343. The summed E-state index contributed by atoms with van der Waals surface area (Å²) >= 11 is 0. The van der Waals surface area contributed by atoms with Crippen LogP contribution in [0.4, 0.5) is 4.39 Å². The van der Waals surface area contributed by atoms with E-state index in [9.17, 15) is 12.8 Å². The number of aromatic amines is 1. The summed E-state index contributed by atoms with van der Waals surface area (Å²) in [5.41, 5.74) is 2.85. The highest BCUT2D eigenvalue weighted by molar-refractivity contribution is 7.89. The molecule has 0 bridgehead atoms. The van der Waals surface area contributed by atoms with E-state index in [1.807, 2.05) is 6.92 Å². The van der Waals surface area contributed by atoms with E-state index in [0.29, 0.717) is 16.8 Å². The fourth-order valence-electron chi connectivity index (χ4n) is 2.18. The molecule has 128 valence electrons. The van der Waals surface area contributed by atoms with Gasteiger partial charge >= 0.3 is 0 Å². The van der Waals surface area contributed by atoms with E-state index in [2.05, 4.69) is 20.1 Å². The van der Waals surface area contributed by atoms with E-state index in [1.165, 1.54) is 36.7 Å². The topological polar surface area (TPSA) is 87.2 Å². The normalized spacial score (nSPS) is 11.8. The van der Waals surface area contributed by atoms with Gasteiger partial charge in [0, 0.05) is 11.1 Å². The summed E-state index contributed by atoms with van der Waals surface area (Å²) in [5, 5.41) is 10.5. The summed E-state index contributed by atoms with van der Waals surface area (Å²) in [4.78, 5) is 2.29. The maximum absolute atomic E-state index is 13.0. The highest BCUT2D eigenvalue weighted by Gasteiger charge is 2.12. The van der Waals surface area contributed by atoms with Gasteiger partial charge in [0.1, 0.15) is 5.82 Å². The van der Waals surface area contributed by atoms with Crippen LogP contribution in [-0.4, -0.2) is 24.8 Å². The minimum absolute atomic E-state index is 0.126. The average molecular weight is 358 g/mol. The number of sulfonamides is 1. The van der Waals surface area contributed by atoms with Crippen LogP contribution in [-0.2, 0) is 10.0 Å². The Bertz CT molecular complexity index is 994. The van der Waals surface area contributed by atoms with E-state index in [0.717, 1.165) is 5.56 Å². The van der Waals surface area contributed by atoms with Crippen LogP contribution in [0.15, 0.2) is 64.7 Å². The van der Waals surface area contributed by atoms with Crippen molar-refractivity contribution in [2.24, 2.45) is 5.10 Å². The Morgan fingerprint density at radius 3 is 2.48 bits per heavy atom. The molecular formula is C17H15FN4O2S. The number of aromatic nitrogens is 2. The fourth-order valence-corrected chi connectivity index (χ4v) is 2.97. The minimum Gasteiger partial charge on any atom is -0.277 e. The third kappa shape index (κ3) is 3.92. The van der Waals surface area contributed by atoms with Gasteiger partial charge in [-0.25, -0.2) is 9.22 Å². The van der Waals surface area contributed by atoms with Crippen LogP contribution in [0.5, 0.6) is 0 Å². The molecule has 2 N–H and O–H groups in total. The Morgan fingerprint density at radius 1 is 1.12 bits per heavy atom. The lowest BCUT2D eigenvalue weighted by molar-refractivity contribution is 0.584. The summed E-state index contributed by atoms with van der Waals surface area (Å²) < 4.78 is 37.4. The largest absolute Gasteiger partial charge is 0.277 e. The van der Waals surface area contributed by atoms with Crippen LogP contribution in [0.2, 0.25) is 0 Å². The van der Waals surface area contributed by atoms with Crippen LogP contribution >= 0.6 is 0 Å². The highest BCUT2D eigenvalue weighted by Crippen LogP contribution is 2.20. The Balaban J connectivity index is 1.78. The van der Waals surface area contributed by atoms with Crippen LogP contribution in [0.25, 0.3) is 11.3 Å². The van der Waals surface area contributed by atoms with Crippen molar-refractivity contribution in [3.05, 3.63) is 71.7 Å². The molecule has 0 aliphatic carbocycles. The first-order chi connectivity index (χ1) is 12.0. The van der Waals surface area contributed by atoms with E-state index < -0.39 is 10.0 Å². The van der Waals surface area contributed by atoms with Gasteiger partial charge in [0.2, 0.25) is 0 Å². The molecule has 0 fully saturated rings. The Hall–Kier alpha value is -3.00. The first-order valence-corrected chi connectivity index (χ1v) is 8.85. The molecule has 0 atom stereocenters. The smallest absolute Gasteiger partial charge is 0.276 e. The molecule has 3 aromatic rings. The third-order valence-electron chi connectivity index (χ3n) is 3.51. The molecular weight excluding hydrogens is 343 g/mol. The summed E-state index contributed by atoms with van der Waals surface area (Å²) in [6.07, 6.45) is 2.84. The second-order valence-electron chi connectivity index (χ2n) is 5.37. The summed E-state index contributed by atoms with van der Waals surface area (Å²) in [7, 11) is -3.74. The van der Waals surface area contributed by atoms with Crippen molar-refractivity contribution in [1.29, 1.82) is 0 Å². The van der Waals surface area contributed by atoms with Crippen molar-refractivity contribution in [2.75, 3.05) is 0 Å². The maximum Gasteiger partial charge on any atom is 0.276 e. The predicted molar refractivity (Wildman–Crippen MR) is 93.1 cm³/mol. The van der Waals surface area contributed by atoms with Gasteiger partial charge in [-0.05, 0) is 43.3 Å². The van der Waals surface area contributed by atoms with E-state index >= 15 is 0 Å². The lowest BCUT2D eigenvalue weighted by atomic mass is 10.1. The standard InChI is InChI=1S/C17H15FN4O2S/c1-12-2-8-16(9-3-12)25(23,24)22-20-11-14-10-19-21-17(14)13-4-6-15(18)7-5-13/h2-11,22H,1H3,(H,19,21).